The van der Waals surface area contributed by atoms with Gasteiger partial charge in [-0.25, -0.2) is 0 Å². The quantitative estimate of drug-likeness (QED) is 0.802. The summed E-state index contributed by atoms with van der Waals surface area (Å²) in [7, 11) is 0. The molecule has 0 spiro atoms. The van der Waals surface area contributed by atoms with Crippen molar-refractivity contribution in [2.75, 3.05) is 12.0 Å². The number of amides is 2. The van der Waals surface area contributed by atoms with Gasteiger partial charge in [-0.1, -0.05) is 0 Å². The predicted octanol–water partition coefficient (Wildman–Crippen LogP) is 1.57. The molecule has 1 heterocycles. The van der Waals surface area contributed by atoms with E-state index in [1.54, 1.807) is 18.0 Å². The molecule has 1 aromatic rings. The van der Waals surface area contributed by atoms with E-state index in [0.717, 1.165) is 22.6 Å². The number of hydrogen-bond donors (Lipinski definition) is 2. The van der Waals surface area contributed by atoms with Crippen LogP contribution in [0.5, 0.6) is 0 Å². The molecule has 1 rings (SSSR count). The van der Waals surface area contributed by atoms with Gasteiger partial charge in [0.2, 0.25) is 11.8 Å². The summed E-state index contributed by atoms with van der Waals surface area (Å²) in [5, 5.41) is 5.57. The van der Waals surface area contributed by atoms with Crippen molar-refractivity contribution in [1.29, 1.82) is 0 Å². The Morgan fingerprint density at radius 3 is 2.67 bits per heavy atom. The van der Waals surface area contributed by atoms with Gasteiger partial charge in [-0.15, -0.1) is 0 Å². The van der Waals surface area contributed by atoms with Gasteiger partial charge in [0.15, 0.2) is 0 Å². The van der Waals surface area contributed by atoms with Crippen LogP contribution in [0.4, 0.5) is 0 Å². The van der Waals surface area contributed by atoms with Gasteiger partial charge >= 0.3 is 0 Å². The van der Waals surface area contributed by atoms with Gasteiger partial charge in [0.05, 0.1) is 0 Å². The number of hydrogen-bond acceptors (Lipinski definition) is 4. The van der Waals surface area contributed by atoms with Crippen molar-refractivity contribution in [3.8, 4) is 0 Å². The minimum Gasteiger partial charge on any atom is -0.350 e. The van der Waals surface area contributed by atoms with Crippen molar-refractivity contribution >= 4 is 23.6 Å². The van der Waals surface area contributed by atoms with E-state index in [2.05, 4.69) is 15.6 Å². The first kappa shape index (κ1) is 17.5. The summed E-state index contributed by atoms with van der Waals surface area (Å²) in [6, 6.07) is 1.51. The fourth-order valence-electron chi connectivity index (χ4n) is 1.97. The normalized spacial score (nSPS) is 11.8. The van der Waals surface area contributed by atoms with Crippen LogP contribution in [0.2, 0.25) is 0 Å². The predicted molar refractivity (Wildman–Crippen MR) is 86.2 cm³/mol. The number of carbonyl (C=O) groups is 2. The lowest BCUT2D eigenvalue weighted by Gasteiger charge is -2.17. The number of pyridine rings is 1. The summed E-state index contributed by atoms with van der Waals surface area (Å²) in [6.45, 7) is 5.78. The molecule has 0 unspecified atom stereocenters. The van der Waals surface area contributed by atoms with E-state index < -0.39 is 6.04 Å². The van der Waals surface area contributed by atoms with Crippen LogP contribution < -0.4 is 10.6 Å². The van der Waals surface area contributed by atoms with Crippen molar-refractivity contribution in [3.05, 3.63) is 29.1 Å². The SMILES string of the molecule is CSCC[C@H](NC(C)=O)C(=O)NCc1cnc(C)cc1C. The highest BCUT2D eigenvalue weighted by molar-refractivity contribution is 7.98. The van der Waals surface area contributed by atoms with Crippen molar-refractivity contribution < 1.29 is 9.59 Å². The summed E-state index contributed by atoms with van der Waals surface area (Å²) in [6.07, 6.45) is 4.38. The van der Waals surface area contributed by atoms with Crippen LogP contribution in [-0.2, 0) is 16.1 Å². The standard InChI is InChI=1S/C15H23N3O2S/c1-10-7-11(2)16-8-13(10)9-17-15(20)14(5-6-21-4)18-12(3)19/h7-8,14H,5-6,9H2,1-4H3,(H,17,20)(H,18,19)/t14-/m0/s1. The van der Waals surface area contributed by atoms with E-state index in [1.807, 2.05) is 26.2 Å². The second-order valence-corrected chi connectivity index (χ2v) is 5.99. The maximum absolute atomic E-state index is 12.2. The van der Waals surface area contributed by atoms with E-state index in [-0.39, 0.29) is 11.8 Å². The fraction of sp³-hybridized carbons (Fsp3) is 0.533. The Kier molecular flexibility index (Phi) is 7.22. The largest absolute Gasteiger partial charge is 0.350 e. The lowest BCUT2D eigenvalue weighted by molar-refractivity contribution is -0.128. The number of nitrogens with zero attached hydrogens (tertiary/aromatic N) is 1. The van der Waals surface area contributed by atoms with Gasteiger partial charge in [0.25, 0.3) is 0 Å². The zero-order valence-electron chi connectivity index (χ0n) is 13.0. The molecule has 0 aliphatic rings. The third kappa shape index (κ3) is 6.16. The minimum atomic E-state index is -0.478. The molecule has 0 fully saturated rings. The van der Waals surface area contributed by atoms with E-state index >= 15 is 0 Å². The molecule has 0 aromatic carbocycles. The van der Waals surface area contributed by atoms with E-state index in [4.69, 9.17) is 0 Å². The molecule has 2 amide bonds. The number of rotatable bonds is 7. The van der Waals surface area contributed by atoms with Gasteiger partial charge in [-0.2, -0.15) is 11.8 Å². The highest BCUT2D eigenvalue weighted by Crippen LogP contribution is 2.08. The number of thioether (sulfide) groups is 1. The molecule has 1 atom stereocenters. The average Bonchev–Trinajstić information content (AvgIpc) is 2.41. The summed E-state index contributed by atoms with van der Waals surface area (Å²) in [5.41, 5.74) is 3.04. The smallest absolute Gasteiger partial charge is 0.242 e. The molecule has 0 saturated heterocycles. The molecule has 0 saturated carbocycles. The van der Waals surface area contributed by atoms with Gasteiger partial charge in [-0.3, -0.25) is 14.6 Å². The number of carbonyl (C=O) groups excluding carboxylic acids is 2. The first-order valence-corrected chi connectivity index (χ1v) is 8.29. The molecule has 0 aliphatic carbocycles. The van der Waals surface area contributed by atoms with Crippen molar-refractivity contribution in [1.82, 2.24) is 15.6 Å². The van der Waals surface area contributed by atoms with Crippen LogP contribution in [0.15, 0.2) is 12.3 Å². The Morgan fingerprint density at radius 2 is 2.10 bits per heavy atom. The van der Waals surface area contributed by atoms with Gasteiger partial charge < -0.3 is 10.6 Å². The second kappa shape index (κ2) is 8.67. The minimum absolute atomic E-state index is 0.153. The first-order valence-electron chi connectivity index (χ1n) is 6.90. The van der Waals surface area contributed by atoms with Crippen LogP contribution in [0, 0.1) is 13.8 Å². The van der Waals surface area contributed by atoms with E-state index in [9.17, 15) is 9.59 Å². The number of nitrogens with one attached hydrogen (secondary N) is 2. The maximum atomic E-state index is 12.2. The molecule has 0 aliphatic heterocycles. The zero-order chi connectivity index (χ0) is 15.8. The summed E-state index contributed by atoms with van der Waals surface area (Å²) in [4.78, 5) is 27.6. The monoisotopic (exact) mass is 309 g/mol. The lowest BCUT2D eigenvalue weighted by atomic mass is 10.1. The van der Waals surface area contributed by atoms with E-state index in [1.165, 1.54) is 6.92 Å². The Balaban J connectivity index is 2.61. The molecule has 2 N–H and O–H groups in total. The molecular formula is C15H23N3O2S. The molecular weight excluding hydrogens is 286 g/mol. The Hall–Kier alpha value is -1.56. The van der Waals surface area contributed by atoms with Crippen LogP contribution in [-0.4, -0.2) is 34.8 Å². The van der Waals surface area contributed by atoms with Crippen molar-refractivity contribution in [2.45, 2.75) is 39.8 Å². The topological polar surface area (TPSA) is 71.1 Å². The second-order valence-electron chi connectivity index (χ2n) is 5.00. The fourth-order valence-corrected chi connectivity index (χ4v) is 2.44. The first-order chi connectivity index (χ1) is 9.93. The molecule has 0 radical (unpaired) electrons. The van der Waals surface area contributed by atoms with Crippen LogP contribution in [0.25, 0.3) is 0 Å². The summed E-state index contributed by atoms with van der Waals surface area (Å²) >= 11 is 1.65. The van der Waals surface area contributed by atoms with Crippen LogP contribution >= 0.6 is 11.8 Å². The molecule has 5 nitrogen and oxygen atoms in total. The molecule has 1 aromatic heterocycles. The third-order valence-electron chi connectivity index (χ3n) is 3.11. The molecule has 6 heteroatoms. The molecule has 116 valence electrons. The number of aryl methyl sites for hydroxylation is 2. The summed E-state index contributed by atoms with van der Waals surface area (Å²) in [5.74, 6) is 0.479. The zero-order valence-corrected chi connectivity index (χ0v) is 13.8. The van der Waals surface area contributed by atoms with Crippen molar-refractivity contribution in [2.24, 2.45) is 0 Å². The maximum Gasteiger partial charge on any atom is 0.242 e. The van der Waals surface area contributed by atoms with Gasteiger partial charge in [0, 0.05) is 25.4 Å². The van der Waals surface area contributed by atoms with E-state index in [0.29, 0.717) is 13.0 Å². The Morgan fingerprint density at radius 1 is 1.38 bits per heavy atom. The lowest BCUT2D eigenvalue weighted by Crippen LogP contribution is -2.46. The Labute approximate surface area is 130 Å². The third-order valence-corrected chi connectivity index (χ3v) is 3.76. The van der Waals surface area contributed by atoms with Gasteiger partial charge in [-0.05, 0) is 49.5 Å². The molecule has 21 heavy (non-hydrogen) atoms. The van der Waals surface area contributed by atoms with Crippen LogP contribution in [0.3, 0.4) is 0 Å². The van der Waals surface area contributed by atoms with Gasteiger partial charge in [0.1, 0.15) is 6.04 Å². The summed E-state index contributed by atoms with van der Waals surface area (Å²) < 4.78 is 0. The number of aromatic nitrogens is 1. The molecule has 0 bridgehead atoms. The average molecular weight is 309 g/mol. The highest BCUT2D eigenvalue weighted by atomic mass is 32.2. The Bertz CT molecular complexity index is 506. The van der Waals surface area contributed by atoms with Crippen LogP contribution in [0.1, 0.15) is 30.2 Å². The highest BCUT2D eigenvalue weighted by Gasteiger charge is 2.18. The van der Waals surface area contributed by atoms with Crippen molar-refractivity contribution in [3.63, 3.8) is 0 Å².